The Bertz CT molecular complexity index is 654. The lowest BCUT2D eigenvalue weighted by molar-refractivity contribution is 1.07. The van der Waals surface area contributed by atoms with Gasteiger partial charge in [0, 0.05) is 23.6 Å². The van der Waals surface area contributed by atoms with E-state index in [4.69, 9.17) is 0 Å². The van der Waals surface area contributed by atoms with Crippen LogP contribution in [-0.2, 0) is 0 Å². The summed E-state index contributed by atoms with van der Waals surface area (Å²) in [6, 6.07) is 18.7. The lowest BCUT2D eigenvalue weighted by Gasteiger charge is -2.08. The molecule has 1 aromatic heterocycles. The Morgan fingerprint density at radius 2 is 1.78 bits per heavy atom. The first kappa shape index (κ1) is 10.8. The molecule has 88 valence electrons. The van der Waals surface area contributed by atoms with Crippen LogP contribution in [0.4, 0.5) is 0 Å². The molecular formula is C16H14N2. The highest BCUT2D eigenvalue weighted by atomic mass is 15.1. The molecule has 2 nitrogen and oxygen atoms in total. The van der Waals surface area contributed by atoms with E-state index in [1.807, 2.05) is 30.6 Å². The first-order chi connectivity index (χ1) is 8.84. The highest BCUT2D eigenvalue weighted by Crippen LogP contribution is 2.21. The maximum Gasteiger partial charge on any atom is 0.144 e. The molecule has 2 aromatic carbocycles. The molecule has 0 amide bonds. The number of aryl methyl sites for hydroxylation is 1. The number of hydrogen-bond donors (Lipinski definition) is 0. The molecule has 0 saturated heterocycles. The SMILES string of the molecule is Cc1cccc(-c2nccn2-c2ccccc2)c1. The van der Waals surface area contributed by atoms with Crippen LogP contribution in [0, 0.1) is 6.92 Å². The summed E-state index contributed by atoms with van der Waals surface area (Å²) >= 11 is 0. The zero-order chi connectivity index (χ0) is 12.4. The van der Waals surface area contributed by atoms with E-state index in [9.17, 15) is 0 Å². The predicted octanol–water partition coefficient (Wildman–Crippen LogP) is 3.85. The van der Waals surface area contributed by atoms with Gasteiger partial charge in [0.25, 0.3) is 0 Å². The normalized spacial score (nSPS) is 10.5. The van der Waals surface area contributed by atoms with Crippen molar-refractivity contribution in [1.29, 1.82) is 0 Å². The fourth-order valence-corrected chi connectivity index (χ4v) is 2.10. The molecule has 0 aliphatic carbocycles. The maximum atomic E-state index is 4.47. The van der Waals surface area contributed by atoms with E-state index >= 15 is 0 Å². The largest absolute Gasteiger partial charge is 0.300 e. The van der Waals surface area contributed by atoms with Crippen molar-refractivity contribution in [2.75, 3.05) is 0 Å². The van der Waals surface area contributed by atoms with Gasteiger partial charge in [-0.3, -0.25) is 4.57 Å². The topological polar surface area (TPSA) is 17.8 Å². The van der Waals surface area contributed by atoms with Crippen LogP contribution in [0.1, 0.15) is 5.56 Å². The Balaban J connectivity index is 2.13. The summed E-state index contributed by atoms with van der Waals surface area (Å²) in [7, 11) is 0. The Labute approximate surface area is 107 Å². The highest BCUT2D eigenvalue weighted by molar-refractivity contribution is 5.59. The third-order valence-electron chi connectivity index (χ3n) is 2.95. The van der Waals surface area contributed by atoms with E-state index < -0.39 is 0 Å². The van der Waals surface area contributed by atoms with Gasteiger partial charge in [0.1, 0.15) is 5.82 Å². The number of rotatable bonds is 2. The van der Waals surface area contributed by atoms with Crippen molar-refractivity contribution in [3.8, 4) is 17.1 Å². The van der Waals surface area contributed by atoms with Gasteiger partial charge in [-0.15, -0.1) is 0 Å². The molecule has 18 heavy (non-hydrogen) atoms. The summed E-state index contributed by atoms with van der Waals surface area (Å²) in [5.74, 6) is 0.977. The van der Waals surface area contributed by atoms with Crippen molar-refractivity contribution in [2.45, 2.75) is 6.92 Å². The molecule has 0 aliphatic rings. The van der Waals surface area contributed by atoms with Crippen LogP contribution in [0.25, 0.3) is 17.1 Å². The molecule has 0 unspecified atom stereocenters. The van der Waals surface area contributed by atoms with Crippen LogP contribution in [0.5, 0.6) is 0 Å². The number of hydrogen-bond acceptors (Lipinski definition) is 1. The average Bonchev–Trinajstić information content (AvgIpc) is 2.89. The van der Waals surface area contributed by atoms with Gasteiger partial charge in [0.2, 0.25) is 0 Å². The summed E-state index contributed by atoms with van der Waals surface area (Å²) in [5, 5.41) is 0. The number of nitrogens with zero attached hydrogens (tertiary/aromatic N) is 2. The first-order valence-corrected chi connectivity index (χ1v) is 6.00. The summed E-state index contributed by atoms with van der Waals surface area (Å²) in [4.78, 5) is 4.47. The number of benzene rings is 2. The van der Waals surface area contributed by atoms with E-state index in [1.165, 1.54) is 5.56 Å². The molecule has 0 bridgehead atoms. The van der Waals surface area contributed by atoms with Gasteiger partial charge in [-0.1, -0.05) is 42.0 Å². The standard InChI is InChI=1S/C16H14N2/c1-13-6-5-7-14(12-13)16-17-10-11-18(16)15-8-3-2-4-9-15/h2-12H,1H3. The number of aromatic nitrogens is 2. The zero-order valence-electron chi connectivity index (χ0n) is 10.2. The second kappa shape index (κ2) is 4.49. The smallest absolute Gasteiger partial charge is 0.144 e. The number of imidazole rings is 1. The van der Waals surface area contributed by atoms with Gasteiger partial charge in [0.05, 0.1) is 0 Å². The monoisotopic (exact) mass is 234 g/mol. The van der Waals surface area contributed by atoms with E-state index in [0.717, 1.165) is 17.1 Å². The molecule has 3 aromatic rings. The van der Waals surface area contributed by atoms with E-state index in [-0.39, 0.29) is 0 Å². The van der Waals surface area contributed by atoms with Gasteiger partial charge in [-0.2, -0.15) is 0 Å². The highest BCUT2D eigenvalue weighted by Gasteiger charge is 2.06. The molecule has 0 spiro atoms. The molecule has 0 fully saturated rings. The fraction of sp³-hybridized carbons (Fsp3) is 0.0625. The van der Waals surface area contributed by atoms with Crippen LogP contribution in [-0.4, -0.2) is 9.55 Å². The van der Waals surface area contributed by atoms with Gasteiger partial charge in [-0.05, 0) is 25.1 Å². The molecular weight excluding hydrogens is 220 g/mol. The minimum absolute atomic E-state index is 0.977. The van der Waals surface area contributed by atoms with Crippen molar-refractivity contribution in [3.63, 3.8) is 0 Å². The minimum Gasteiger partial charge on any atom is -0.300 e. The zero-order valence-corrected chi connectivity index (χ0v) is 10.2. The van der Waals surface area contributed by atoms with Crippen molar-refractivity contribution < 1.29 is 0 Å². The second-order valence-electron chi connectivity index (χ2n) is 4.33. The molecule has 3 rings (SSSR count). The van der Waals surface area contributed by atoms with E-state index in [2.05, 4.69) is 52.9 Å². The molecule has 0 atom stereocenters. The minimum atomic E-state index is 0.977. The van der Waals surface area contributed by atoms with Crippen LogP contribution in [0.3, 0.4) is 0 Å². The van der Waals surface area contributed by atoms with Gasteiger partial charge in [-0.25, -0.2) is 4.98 Å². The molecule has 2 heteroatoms. The van der Waals surface area contributed by atoms with E-state index in [1.54, 1.807) is 0 Å². The van der Waals surface area contributed by atoms with E-state index in [0.29, 0.717) is 0 Å². The lowest BCUT2D eigenvalue weighted by Crippen LogP contribution is -1.95. The molecule has 0 aliphatic heterocycles. The lowest BCUT2D eigenvalue weighted by atomic mass is 10.1. The summed E-state index contributed by atoms with van der Waals surface area (Å²) in [6.45, 7) is 2.10. The molecule has 0 N–H and O–H groups in total. The van der Waals surface area contributed by atoms with Gasteiger partial charge in [0.15, 0.2) is 0 Å². The third kappa shape index (κ3) is 1.93. The second-order valence-corrected chi connectivity index (χ2v) is 4.33. The van der Waals surface area contributed by atoms with Crippen LogP contribution >= 0.6 is 0 Å². The maximum absolute atomic E-state index is 4.47. The van der Waals surface area contributed by atoms with Crippen LogP contribution in [0.15, 0.2) is 67.0 Å². The summed E-state index contributed by atoms with van der Waals surface area (Å²) in [5.41, 5.74) is 3.52. The van der Waals surface area contributed by atoms with Crippen molar-refractivity contribution in [2.24, 2.45) is 0 Å². The third-order valence-corrected chi connectivity index (χ3v) is 2.95. The molecule has 0 radical (unpaired) electrons. The van der Waals surface area contributed by atoms with Gasteiger partial charge < -0.3 is 0 Å². The first-order valence-electron chi connectivity index (χ1n) is 6.00. The Morgan fingerprint density at radius 1 is 0.944 bits per heavy atom. The summed E-state index contributed by atoms with van der Waals surface area (Å²) in [6.07, 6.45) is 3.83. The van der Waals surface area contributed by atoms with Crippen LogP contribution < -0.4 is 0 Å². The fourth-order valence-electron chi connectivity index (χ4n) is 2.10. The van der Waals surface area contributed by atoms with Crippen LogP contribution in [0.2, 0.25) is 0 Å². The Kier molecular flexibility index (Phi) is 2.69. The van der Waals surface area contributed by atoms with Crippen molar-refractivity contribution in [3.05, 3.63) is 72.6 Å². The average molecular weight is 234 g/mol. The van der Waals surface area contributed by atoms with Gasteiger partial charge >= 0.3 is 0 Å². The predicted molar refractivity (Wildman–Crippen MR) is 73.7 cm³/mol. The summed E-state index contributed by atoms with van der Waals surface area (Å²) < 4.78 is 2.11. The molecule has 0 saturated carbocycles. The van der Waals surface area contributed by atoms with Crippen molar-refractivity contribution >= 4 is 0 Å². The molecule has 1 heterocycles. The number of para-hydroxylation sites is 1. The van der Waals surface area contributed by atoms with Crippen molar-refractivity contribution in [1.82, 2.24) is 9.55 Å². The Hall–Kier alpha value is -2.35. The quantitative estimate of drug-likeness (QED) is 0.658. The Morgan fingerprint density at radius 3 is 2.56 bits per heavy atom.